The summed E-state index contributed by atoms with van der Waals surface area (Å²) in [6, 6.07) is 11.8. The van der Waals surface area contributed by atoms with E-state index in [1.807, 2.05) is 12.1 Å². The van der Waals surface area contributed by atoms with Crippen LogP contribution >= 0.6 is 11.6 Å². The number of fused-ring (bicyclic) bond motifs is 1. The van der Waals surface area contributed by atoms with Gasteiger partial charge in [0.2, 0.25) is 5.95 Å². The fraction of sp³-hybridized carbons (Fsp3) is 0.118. The minimum absolute atomic E-state index is 0.177. The Labute approximate surface area is 147 Å². The van der Waals surface area contributed by atoms with E-state index in [2.05, 4.69) is 10.3 Å². The van der Waals surface area contributed by atoms with Crippen LogP contribution in [0.3, 0.4) is 0 Å². The molecule has 25 heavy (non-hydrogen) atoms. The second-order valence-corrected chi connectivity index (χ2v) is 5.89. The molecular formula is C17H15ClN4O3. The van der Waals surface area contributed by atoms with E-state index in [4.69, 9.17) is 16.8 Å². The third kappa shape index (κ3) is 3.47. The van der Waals surface area contributed by atoms with Gasteiger partial charge in [0.05, 0.1) is 10.9 Å². The molecule has 0 aliphatic heterocycles. The molecule has 0 saturated carbocycles. The van der Waals surface area contributed by atoms with Crippen molar-refractivity contribution in [1.82, 2.24) is 15.0 Å². The van der Waals surface area contributed by atoms with Gasteiger partial charge in [0.25, 0.3) is 11.5 Å². The van der Waals surface area contributed by atoms with Crippen molar-refractivity contribution in [2.45, 2.75) is 6.54 Å². The van der Waals surface area contributed by atoms with Gasteiger partial charge in [0.15, 0.2) is 0 Å². The Morgan fingerprint density at radius 3 is 2.64 bits per heavy atom. The maximum Gasteiger partial charge on any atom is 0.274 e. The van der Waals surface area contributed by atoms with Crippen LogP contribution in [0.1, 0.15) is 15.9 Å². The lowest BCUT2D eigenvalue weighted by Gasteiger charge is -2.12. The van der Waals surface area contributed by atoms with Gasteiger partial charge in [-0.05, 0) is 35.9 Å². The van der Waals surface area contributed by atoms with Crippen LogP contribution in [0.4, 0.5) is 5.95 Å². The summed E-state index contributed by atoms with van der Waals surface area (Å²) in [5, 5.41) is 12.8. The van der Waals surface area contributed by atoms with Crippen LogP contribution in [0, 0.1) is 0 Å². The molecule has 0 radical (unpaired) electrons. The summed E-state index contributed by atoms with van der Waals surface area (Å²) in [4.78, 5) is 28.5. The minimum atomic E-state index is -0.686. The van der Waals surface area contributed by atoms with E-state index >= 15 is 0 Å². The van der Waals surface area contributed by atoms with Gasteiger partial charge in [-0.2, -0.15) is 0 Å². The number of amides is 1. The molecule has 0 aliphatic carbocycles. The molecule has 3 rings (SSSR count). The van der Waals surface area contributed by atoms with Gasteiger partial charge in [0.1, 0.15) is 0 Å². The molecule has 0 bridgehead atoms. The van der Waals surface area contributed by atoms with Gasteiger partial charge in [-0.1, -0.05) is 23.7 Å². The molecule has 0 aliphatic rings. The topological polar surface area (TPSA) is 96.2 Å². The average molecular weight is 359 g/mol. The maximum absolute atomic E-state index is 12.5. The smallest absolute Gasteiger partial charge is 0.274 e. The largest absolute Gasteiger partial charge is 0.351 e. The van der Waals surface area contributed by atoms with Crippen molar-refractivity contribution in [2.24, 2.45) is 7.05 Å². The summed E-state index contributed by atoms with van der Waals surface area (Å²) in [7, 11) is 1.59. The van der Waals surface area contributed by atoms with E-state index in [-0.39, 0.29) is 11.1 Å². The second kappa shape index (κ2) is 6.92. The van der Waals surface area contributed by atoms with E-state index in [1.54, 1.807) is 30.7 Å². The summed E-state index contributed by atoms with van der Waals surface area (Å²) < 4.78 is 1.37. The molecule has 128 valence electrons. The van der Waals surface area contributed by atoms with E-state index in [9.17, 15) is 9.59 Å². The van der Waals surface area contributed by atoms with Gasteiger partial charge in [-0.3, -0.25) is 19.4 Å². The number of anilines is 1. The number of aromatic nitrogens is 2. The zero-order chi connectivity index (χ0) is 18.0. The lowest BCUT2D eigenvalue weighted by Crippen LogP contribution is -2.23. The third-order valence-corrected chi connectivity index (χ3v) is 4.06. The highest BCUT2D eigenvalue weighted by Crippen LogP contribution is 2.15. The predicted octanol–water partition coefficient (Wildman–Crippen LogP) is 2.32. The first-order chi connectivity index (χ1) is 12.0. The van der Waals surface area contributed by atoms with Crippen molar-refractivity contribution in [1.29, 1.82) is 0 Å². The predicted molar refractivity (Wildman–Crippen MR) is 95.0 cm³/mol. The number of benzene rings is 2. The quantitative estimate of drug-likeness (QED) is 0.491. The van der Waals surface area contributed by atoms with Crippen molar-refractivity contribution in [3.05, 3.63) is 69.0 Å². The molecule has 7 nitrogen and oxygen atoms in total. The van der Waals surface area contributed by atoms with Gasteiger partial charge >= 0.3 is 0 Å². The number of halogens is 1. The number of hydrogen-bond donors (Lipinski definition) is 3. The number of nitrogens with one attached hydrogen (secondary N) is 2. The van der Waals surface area contributed by atoms with Gasteiger partial charge in [-0.15, -0.1) is 0 Å². The van der Waals surface area contributed by atoms with E-state index in [0.29, 0.717) is 28.4 Å². The first kappa shape index (κ1) is 16.9. The molecule has 3 N–H and O–H groups in total. The molecule has 8 heteroatoms. The minimum Gasteiger partial charge on any atom is -0.351 e. The first-order valence-electron chi connectivity index (χ1n) is 7.43. The summed E-state index contributed by atoms with van der Waals surface area (Å²) in [5.74, 6) is -0.277. The van der Waals surface area contributed by atoms with Gasteiger partial charge in [-0.25, -0.2) is 10.5 Å². The van der Waals surface area contributed by atoms with Crippen molar-refractivity contribution < 1.29 is 10.0 Å². The van der Waals surface area contributed by atoms with Crippen LogP contribution in [0.15, 0.2) is 47.3 Å². The van der Waals surface area contributed by atoms with E-state index in [1.165, 1.54) is 16.7 Å². The highest BCUT2D eigenvalue weighted by molar-refractivity contribution is 6.30. The SMILES string of the molecule is Cn1c(NCc2ccc(Cl)cc2)nc2ccc(C(=O)NO)cc2c1=O. The van der Waals surface area contributed by atoms with Crippen LogP contribution in [0.5, 0.6) is 0 Å². The van der Waals surface area contributed by atoms with Crippen LogP contribution in [-0.4, -0.2) is 20.7 Å². The van der Waals surface area contributed by atoms with E-state index in [0.717, 1.165) is 5.56 Å². The summed E-state index contributed by atoms with van der Waals surface area (Å²) in [5.41, 5.74) is 2.87. The summed E-state index contributed by atoms with van der Waals surface area (Å²) in [6.45, 7) is 0.480. The summed E-state index contributed by atoms with van der Waals surface area (Å²) >= 11 is 5.86. The average Bonchev–Trinajstić information content (AvgIpc) is 2.64. The number of carbonyl (C=O) groups excluding carboxylic acids is 1. The molecule has 0 spiro atoms. The molecule has 0 atom stereocenters. The highest BCUT2D eigenvalue weighted by atomic mass is 35.5. The molecule has 2 aromatic carbocycles. The molecule has 3 aromatic rings. The van der Waals surface area contributed by atoms with Crippen molar-refractivity contribution in [3.8, 4) is 0 Å². The molecule has 1 heterocycles. The Bertz CT molecular complexity index is 999. The number of hydrogen-bond acceptors (Lipinski definition) is 5. The fourth-order valence-electron chi connectivity index (χ4n) is 2.42. The molecule has 0 unspecified atom stereocenters. The first-order valence-corrected chi connectivity index (χ1v) is 7.81. The number of nitrogens with zero attached hydrogens (tertiary/aromatic N) is 2. The number of hydroxylamine groups is 1. The molecule has 0 fully saturated rings. The maximum atomic E-state index is 12.5. The molecule has 1 amide bonds. The standard InChI is InChI=1S/C17H15ClN4O3/c1-22-16(24)13-8-11(15(23)21-25)4-7-14(13)20-17(22)19-9-10-2-5-12(18)6-3-10/h2-8,25H,9H2,1H3,(H,19,20)(H,21,23). The zero-order valence-electron chi connectivity index (χ0n) is 13.3. The molecule has 0 saturated heterocycles. The van der Waals surface area contributed by atoms with Gasteiger partial charge in [0, 0.05) is 24.2 Å². The van der Waals surface area contributed by atoms with Crippen LogP contribution in [0.25, 0.3) is 10.9 Å². The second-order valence-electron chi connectivity index (χ2n) is 5.45. The Kier molecular flexibility index (Phi) is 4.69. The van der Waals surface area contributed by atoms with Crippen molar-refractivity contribution in [2.75, 3.05) is 5.32 Å². The summed E-state index contributed by atoms with van der Waals surface area (Å²) in [6.07, 6.45) is 0. The normalized spacial score (nSPS) is 10.7. The van der Waals surface area contributed by atoms with E-state index < -0.39 is 5.91 Å². The van der Waals surface area contributed by atoms with Crippen LogP contribution in [0.2, 0.25) is 5.02 Å². The highest BCUT2D eigenvalue weighted by Gasteiger charge is 2.11. The zero-order valence-corrected chi connectivity index (χ0v) is 14.0. The van der Waals surface area contributed by atoms with Crippen LogP contribution in [-0.2, 0) is 13.6 Å². The van der Waals surface area contributed by atoms with Crippen molar-refractivity contribution in [3.63, 3.8) is 0 Å². The van der Waals surface area contributed by atoms with Crippen molar-refractivity contribution >= 4 is 34.4 Å². The molecular weight excluding hydrogens is 344 g/mol. The third-order valence-electron chi connectivity index (χ3n) is 3.80. The number of carbonyl (C=O) groups is 1. The lowest BCUT2D eigenvalue weighted by molar-refractivity contribution is 0.0706. The Balaban J connectivity index is 1.94. The Morgan fingerprint density at radius 1 is 1.24 bits per heavy atom. The monoisotopic (exact) mass is 358 g/mol. The van der Waals surface area contributed by atoms with Gasteiger partial charge < -0.3 is 5.32 Å². The Hall–Kier alpha value is -2.90. The number of rotatable bonds is 4. The lowest BCUT2D eigenvalue weighted by atomic mass is 10.1. The van der Waals surface area contributed by atoms with Crippen LogP contribution < -0.4 is 16.4 Å². The molecule has 1 aromatic heterocycles. The Morgan fingerprint density at radius 2 is 1.96 bits per heavy atom. The fourth-order valence-corrected chi connectivity index (χ4v) is 2.54.